The summed E-state index contributed by atoms with van der Waals surface area (Å²) in [5.74, 6) is 1.82. The summed E-state index contributed by atoms with van der Waals surface area (Å²) in [4.78, 5) is 10.5. The van der Waals surface area contributed by atoms with Crippen molar-refractivity contribution in [2.75, 3.05) is 37.4 Å². The normalized spacial score (nSPS) is 16.4. The van der Waals surface area contributed by atoms with E-state index in [1.54, 1.807) is 0 Å². The van der Waals surface area contributed by atoms with Crippen LogP contribution in [0.15, 0.2) is 6.33 Å². The molecule has 0 saturated carbocycles. The fourth-order valence-electron chi connectivity index (χ4n) is 2.39. The average Bonchev–Trinajstić information content (AvgIpc) is 2.41. The van der Waals surface area contributed by atoms with Gasteiger partial charge in [-0.15, -0.1) is 0 Å². The molecule has 0 amide bonds. The molecule has 1 aromatic rings. The van der Waals surface area contributed by atoms with Crippen molar-refractivity contribution in [2.24, 2.45) is 5.92 Å². The van der Waals surface area contributed by atoms with Gasteiger partial charge in [0.15, 0.2) is 5.82 Å². The quantitative estimate of drug-likeness (QED) is 0.885. The van der Waals surface area contributed by atoms with Crippen LogP contribution in [-0.2, 0) is 4.74 Å². The summed E-state index contributed by atoms with van der Waals surface area (Å²) in [6, 6.07) is 0. The lowest BCUT2D eigenvalue weighted by atomic mass is 10.00. The molecule has 1 aliphatic heterocycles. The van der Waals surface area contributed by atoms with Crippen LogP contribution < -0.4 is 15.4 Å². The molecule has 0 unspecified atom stereocenters. The van der Waals surface area contributed by atoms with E-state index in [0.29, 0.717) is 17.5 Å². The fourth-order valence-corrected chi connectivity index (χ4v) is 2.39. The fraction of sp³-hybridized carbons (Fsp3) is 0.714. The molecule has 1 aromatic heterocycles. The zero-order valence-electron chi connectivity index (χ0n) is 12.5. The summed E-state index contributed by atoms with van der Waals surface area (Å²) in [5.41, 5.74) is 6.63. The first-order chi connectivity index (χ1) is 9.58. The molecule has 6 nitrogen and oxygen atoms in total. The van der Waals surface area contributed by atoms with E-state index in [0.717, 1.165) is 38.4 Å². The molecule has 6 heteroatoms. The summed E-state index contributed by atoms with van der Waals surface area (Å²) in [6.07, 6.45) is 3.72. The molecule has 2 rings (SSSR count). The Morgan fingerprint density at radius 3 is 2.75 bits per heavy atom. The van der Waals surface area contributed by atoms with Crippen LogP contribution in [-0.4, -0.2) is 42.9 Å². The minimum Gasteiger partial charge on any atom is -0.473 e. The smallest absolute Gasteiger partial charge is 0.242 e. The monoisotopic (exact) mass is 280 g/mol. The van der Waals surface area contributed by atoms with Crippen LogP contribution in [0.3, 0.4) is 0 Å². The first-order valence-corrected chi connectivity index (χ1v) is 7.14. The molecule has 0 radical (unpaired) electrons. The highest BCUT2D eigenvalue weighted by atomic mass is 16.5. The Labute approximate surface area is 120 Å². The zero-order chi connectivity index (χ0) is 14.5. The van der Waals surface area contributed by atoms with Gasteiger partial charge in [0.2, 0.25) is 5.88 Å². The Balaban J connectivity index is 2.06. The van der Waals surface area contributed by atoms with Gasteiger partial charge in [-0.05, 0) is 32.6 Å². The standard InChI is InChI=1S/C14H24N4O2/c1-10(2)20-14-12(15)13(16-9-17-14)18(3)8-11-4-6-19-7-5-11/h9-11H,4-8,15H2,1-3H3. The van der Waals surface area contributed by atoms with Crippen molar-refractivity contribution in [1.82, 2.24) is 9.97 Å². The third kappa shape index (κ3) is 3.72. The first kappa shape index (κ1) is 14.8. The van der Waals surface area contributed by atoms with Gasteiger partial charge in [-0.3, -0.25) is 0 Å². The topological polar surface area (TPSA) is 73.5 Å². The highest BCUT2D eigenvalue weighted by Gasteiger charge is 2.19. The Hall–Kier alpha value is -1.56. The average molecular weight is 280 g/mol. The van der Waals surface area contributed by atoms with E-state index in [-0.39, 0.29) is 6.10 Å². The molecule has 20 heavy (non-hydrogen) atoms. The number of hydrogen-bond donors (Lipinski definition) is 1. The van der Waals surface area contributed by atoms with Crippen LogP contribution in [0.5, 0.6) is 5.88 Å². The van der Waals surface area contributed by atoms with E-state index >= 15 is 0 Å². The maximum absolute atomic E-state index is 6.12. The van der Waals surface area contributed by atoms with Crippen molar-refractivity contribution in [3.05, 3.63) is 6.33 Å². The predicted octanol–water partition coefficient (Wildman–Crippen LogP) is 1.71. The Morgan fingerprint density at radius 1 is 1.40 bits per heavy atom. The third-order valence-electron chi connectivity index (χ3n) is 3.41. The van der Waals surface area contributed by atoms with E-state index in [2.05, 4.69) is 14.9 Å². The van der Waals surface area contributed by atoms with Crippen molar-refractivity contribution < 1.29 is 9.47 Å². The van der Waals surface area contributed by atoms with Gasteiger partial charge in [0, 0.05) is 26.8 Å². The molecule has 0 aliphatic carbocycles. The van der Waals surface area contributed by atoms with Crippen LogP contribution in [0.4, 0.5) is 11.5 Å². The van der Waals surface area contributed by atoms with E-state index in [9.17, 15) is 0 Å². The molecule has 0 atom stereocenters. The van der Waals surface area contributed by atoms with Crippen molar-refractivity contribution in [2.45, 2.75) is 32.8 Å². The molecule has 112 valence electrons. The predicted molar refractivity (Wildman–Crippen MR) is 79.0 cm³/mol. The summed E-state index contributed by atoms with van der Waals surface area (Å²) < 4.78 is 11.0. The van der Waals surface area contributed by atoms with Crippen molar-refractivity contribution in [1.29, 1.82) is 0 Å². The van der Waals surface area contributed by atoms with Gasteiger partial charge in [-0.1, -0.05) is 0 Å². The highest BCUT2D eigenvalue weighted by molar-refractivity contribution is 5.67. The molecular formula is C14H24N4O2. The molecule has 1 aliphatic rings. The van der Waals surface area contributed by atoms with Gasteiger partial charge in [0.1, 0.15) is 12.0 Å². The van der Waals surface area contributed by atoms with E-state index < -0.39 is 0 Å². The van der Waals surface area contributed by atoms with Crippen molar-refractivity contribution in [3.63, 3.8) is 0 Å². The van der Waals surface area contributed by atoms with Gasteiger partial charge >= 0.3 is 0 Å². The summed E-state index contributed by atoms with van der Waals surface area (Å²) >= 11 is 0. The lowest BCUT2D eigenvalue weighted by Crippen LogP contribution is -2.30. The van der Waals surface area contributed by atoms with Gasteiger partial charge in [-0.25, -0.2) is 4.98 Å². The molecule has 0 bridgehead atoms. The summed E-state index contributed by atoms with van der Waals surface area (Å²) in [6.45, 7) is 6.52. The van der Waals surface area contributed by atoms with Gasteiger partial charge < -0.3 is 20.1 Å². The minimum absolute atomic E-state index is 0.0425. The number of ether oxygens (including phenoxy) is 2. The lowest BCUT2D eigenvalue weighted by molar-refractivity contribution is 0.0685. The number of nitrogens with two attached hydrogens (primary N) is 1. The molecule has 1 saturated heterocycles. The van der Waals surface area contributed by atoms with Crippen LogP contribution >= 0.6 is 0 Å². The molecule has 2 heterocycles. The van der Waals surface area contributed by atoms with E-state index in [1.165, 1.54) is 6.33 Å². The molecule has 0 aromatic carbocycles. The zero-order valence-corrected chi connectivity index (χ0v) is 12.5. The maximum atomic E-state index is 6.12. The lowest BCUT2D eigenvalue weighted by Gasteiger charge is -2.28. The summed E-state index contributed by atoms with van der Waals surface area (Å²) in [5, 5.41) is 0. The van der Waals surface area contributed by atoms with E-state index in [4.69, 9.17) is 15.2 Å². The largest absolute Gasteiger partial charge is 0.473 e. The number of aromatic nitrogens is 2. The number of nitrogen functional groups attached to an aromatic ring is 1. The van der Waals surface area contributed by atoms with Crippen molar-refractivity contribution in [3.8, 4) is 5.88 Å². The summed E-state index contributed by atoms with van der Waals surface area (Å²) in [7, 11) is 2.01. The molecule has 2 N–H and O–H groups in total. The van der Waals surface area contributed by atoms with Crippen LogP contribution in [0.25, 0.3) is 0 Å². The van der Waals surface area contributed by atoms with E-state index in [1.807, 2.05) is 20.9 Å². The third-order valence-corrected chi connectivity index (χ3v) is 3.41. The highest BCUT2D eigenvalue weighted by Crippen LogP contribution is 2.29. The Bertz CT molecular complexity index is 433. The number of hydrogen-bond acceptors (Lipinski definition) is 6. The number of rotatable bonds is 5. The molecule has 1 fully saturated rings. The van der Waals surface area contributed by atoms with Gasteiger partial charge in [0.05, 0.1) is 6.10 Å². The SMILES string of the molecule is CC(C)Oc1ncnc(N(C)CC2CCOCC2)c1N. The number of nitrogens with zero attached hydrogens (tertiary/aromatic N) is 3. The van der Waals surface area contributed by atoms with Gasteiger partial charge in [0.25, 0.3) is 0 Å². The van der Waals surface area contributed by atoms with Crippen LogP contribution in [0, 0.1) is 5.92 Å². The maximum Gasteiger partial charge on any atom is 0.242 e. The minimum atomic E-state index is 0.0425. The second-order valence-electron chi connectivity index (χ2n) is 5.52. The molecular weight excluding hydrogens is 256 g/mol. The van der Waals surface area contributed by atoms with Gasteiger partial charge in [-0.2, -0.15) is 4.98 Å². The van der Waals surface area contributed by atoms with Crippen molar-refractivity contribution >= 4 is 11.5 Å². The Kier molecular flexibility index (Phi) is 5.00. The second-order valence-corrected chi connectivity index (χ2v) is 5.52. The number of anilines is 2. The van der Waals surface area contributed by atoms with Crippen LogP contribution in [0.2, 0.25) is 0 Å². The molecule has 0 spiro atoms. The second kappa shape index (κ2) is 6.74. The Morgan fingerprint density at radius 2 is 2.10 bits per heavy atom. The van der Waals surface area contributed by atoms with Crippen LogP contribution in [0.1, 0.15) is 26.7 Å². The first-order valence-electron chi connectivity index (χ1n) is 7.14.